The van der Waals surface area contributed by atoms with Crippen LogP contribution in [0.4, 0.5) is 21.5 Å². The topological polar surface area (TPSA) is 98.3 Å². The van der Waals surface area contributed by atoms with Gasteiger partial charge in [0.1, 0.15) is 5.82 Å². The van der Waals surface area contributed by atoms with Gasteiger partial charge >= 0.3 is 0 Å². The Balaban J connectivity index is 2.29. The number of nitrogens with two attached hydrogens (primary N) is 1. The minimum Gasteiger partial charge on any atom is -0.399 e. The third-order valence-electron chi connectivity index (χ3n) is 2.55. The van der Waals surface area contributed by atoms with Gasteiger partial charge in [0.15, 0.2) is 0 Å². The maximum absolute atomic E-state index is 13.6. The van der Waals surface area contributed by atoms with Crippen LogP contribution in [0.1, 0.15) is 10.4 Å². The van der Waals surface area contributed by atoms with Crippen LogP contribution in [-0.4, -0.2) is 10.8 Å². The van der Waals surface area contributed by atoms with Gasteiger partial charge in [-0.25, -0.2) is 4.39 Å². The minimum absolute atomic E-state index is 0.357. The molecule has 0 unspecified atom stereocenters. The molecule has 0 saturated carbocycles. The molecule has 6 nitrogen and oxygen atoms in total. The molecule has 2 aromatic rings. The van der Waals surface area contributed by atoms with Crippen LogP contribution in [0, 0.1) is 15.9 Å². The second-order valence-corrected chi connectivity index (χ2v) is 4.00. The maximum Gasteiger partial charge on any atom is 0.270 e. The van der Waals surface area contributed by atoms with Crippen LogP contribution >= 0.6 is 0 Å². The maximum atomic E-state index is 13.6. The smallest absolute Gasteiger partial charge is 0.270 e. The fourth-order valence-electron chi connectivity index (χ4n) is 1.62. The molecule has 0 spiro atoms. The number of nitrogens with one attached hydrogen (secondary N) is 1. The summed E-state index contributed by atoms with van der Waals surface area (Å²) in [5.41, 5.74) is 5.60. The number of nitrogens with zero attached hydrogens (tertiary/aromatic N) is 1. The number of rotatable bonds is 3. The van der Waals surface area contributed by atoms with Gasteiger partial charge in [-0.15, -0.1) is 0 Å². The molecule has 2 aromatic carbocycles. The Hall–Kier alpha value is -2.96. The van der Waals surface area contributed by atoms with Crippen LogP contribution < -0.4 is 11.1 Å². The van der Waals surface area contributed by atoms with E-state index in [0.29, 0.717) is 11.4 Å². The zero-order chi connectivity index (χ0) is 14.7. The standard InChI is InChI=1S/C13H10FN3O3/c14-12-5-4-10(17(19)20)7-11(12)13(18)16-9-3-1-2-8(15)6-9/h1-7H,15H2,(H,16,18). The number of carbonyl (C=O) groups excluding carboxylic acids is 1. The average Bonchev–Trinajstić information content (AvgIpc) is 2.38. The molecule has 2 rings (SSSR count). The lowest BCUT2D eigenvalue weighted by molar-refractivity contribution is -0.384. The van der Waals surface area contributed by atoms with Gasteiger partial charge in [-0.3, -0.25) is 14.9 Å². The minimum atomic E-state index is -0.836. The summed E-state index contributed by atoms with van der Waals surface area (Å²) in [6.45, 7) is 0. The molecule has 0 aliphatic heterocycles. The van der Waals surface area contributed by atoms with Gasteiger partial charge in [-0.1, -0.05) is 6.07 Å². The Bertz CT molecular complexity index is 688. The van der Waals surface area contributed by atoms with Gasteiger partial charge in [0.25, 0.3) is 11.6 Å². The van der Waals surface area contributed by atoms with E-state index in [9.17, 15) is 19.3 Å². The van der Waals surface area contributed by atoms with Gasteiger partial charge < -0.3 is 11.1 Å². The van der Waals surface area contributed by atoms with Gasteiger partial charge in [-0.05, 0) is 24.3 Å². The van der Waals surface area contributed by atoms with E-state index in [2.05, 4.69) is 5.32 Å². The van der Waals surface area contributed by atoms with E-state index in [1.54, 1.807) is 18.2 Å². The molecule has 0 heterocycles. The second-order valence-electron chi connectivity index (χ2n) is 4.00. The molecule has 102 valence electrons. The molecule has 1 amide bonds. The first kappa shape index (κ1) is 13.5. The highest BCUT2D eigenvalue weighted by Crippen LogP contribution is 2.19. The molecular weight excluding hydrogens is 265 g/mol. The number of nitrogen functional groups attached to an aromatic ring is 1. The summed E-state index contributed by atoms with van der Waals surface area (Å²) in [4.78, 5) is 21.8. The van der Waals surface area contributed by atoms with Gasteiger partial charge in [-0.2, -0.15) is 0 Å². The van der Waals surface area contributed by atoms with E-state index in [1.807, 2.05) is 0 Å². The lowest BCUT2D eigenvalue weighted by Crippen LogP contribution is -2.14. The number of halogens is 1. The van der Waals surface area contributed by atoms with E-state index >= 15 is 0 Å². The Morgan fingerprint density at radius 2 is 2.00 bits per heavy atom. The van der Waals surface area contributed by atoms with Crippen LogP contribution in [0.3, 0.4) is 0 Å². The van der Waals surface area contributed by atoms with Crippen LogP contribution in [0.15, 0.2) is 42.5 Å². The molecule has 0 aromatic heterocycles. The summed E-state index contributed by atoms with van der Waals surface area (Å²) in [5.74, 6) is -1.62. The predicted molar refractivity (Wildman–Crippen MR) is 71.9 cm³/mol. The van der Waals surface area contributed by atoms with E-state index in [4.69, 9.17) is 5.73 Å². The number of carbonyl (C=O) groups is 1. The number of anilines is 2. The molecule has 0 bridgehead atoms. The summed E-state index contributed by atoms with van der Waals surface area (Å²) in [6.07, 6.45) is 0. The first-order valence-electron chi connectivity index (χ1n) is 5.58. The van der Waals surface area contributed by atoms with Crippen molar-refractivity contribution < 1.29 is 14.1 Å². The summed E-state index contributed by atoms with van der Waals surface area (Å²) in [5, 5.41) is 13.0. The van der Waals surface area contributed by atoms with E-state index in [1.165, 1.54) is 6.07 Å². The van der Waals surface area contributed by atoms with Crippen molar-refractivity contribution in [1.29, 1.82) is 0 Å². The lowest BCUT2D eigenvalue weighted by atomic mass is 10.1. The Kier molecular flexibility index (Phi) is 3.60. The monoisotopic (exact) mass is 275 g/mol. The van der Waals surface area contributed by atoms with E-state index in [-0.39, 0.29) is 5.69 Å². The Morgan fingerprint density at radius 1 is 1.25 bits per heavy atom. The number of amides is 1. The molecule has 0 aliphatic carbocycles. The quantitative estimate of drug-likeness (QED) is 0.511. The number of nitro groups is 1. The van der Waals surface area contributed by atoms with Crippen LogP contribution in [-0.2, 0) is 0 Å². The first-order chi connectivity index (χ1) is 9.47. The molecule has 0 fully saturated rings. The van der Waals surface area contributed by atoms with Crippen molar-refractivity contribution in [3.8, 4) is 0 Å². The fraction of sp³-hybridized carbons (Fsp3) is 0. The Morgan fingerprint density at radius 3 is 2.65 bits per heavy atom. The molecule has 0 radical (unpaired) electrons. The molecule has 7 heteroatoms. The Labute approximate surface area is 113 Å². The van der Waals surface area contributed by atoms with Crippen molar-refractivity contribution >= 4 is 23.0 Å². The lowest BCUT2D eigenvalue weighted by Gasteiger charge is -2.06. The number of benzene rings is 2. The zero-order valence-electron chi connectivity index (χ0n) is 10.2. The number of nitro benzene ring substituents is 1. The second kappa shape index (κ2) is 5.35. The fourth-order valence-corrected chi connectivity index (χ4v) is 1.62. The molecule has 3 N–H and O–H groups in total. The van der Waals surface area contributed by atoms with Gasteiger partial charge in [0, 0.05) is 23.5 Å². The molecular formula is C13H10FN3O3. The van der Waals surface area contributed by atoms with Crippen molar-refractivity contribution in [2.45, 2.75) is 0 Å². The van der Waals surface area contributed by atoms with Crippen molar-refractivity contribution in [3.63, 3.8) is 0 Å². The summed E-state index contributed by atoms with van der Waals surface area (Å²) in [7, 11) is 0. The highest BCUT2D eigenvalue weighted by molar-refractivity contribution is 6.05. The largest absolute Gasteiger partial charge is 0.399 e. The summed E-state index contributed by atoms with van der Waals surface area (Å²) >= 11 is 0. The normalized spacial score (nSPS) is 10.1. The van der Waals surface area contributed by atoms with Crippen molar-refractivity contribution in [2.75, 3.05) is 11.1 Å². The van der Waals surface area contributed by atoms with Gasteiger partial charge in [0.05, 0.1) is 10.5 Å². The van der Waals surface area contributed by atoms with Crippen LogP contribution in [0.2, 0.25) is 0 Å². The molecule has 0 saturated heterocycles. The molecule has 20 heavy (non-hydrogen) atoms. The highest BCUT2D eigenvalue weighted by atomic mass is 19.1. The van der Waals surface area contributed by atoms with Crippen molar-refractivity contribution in [1.82, 2.24) is 0 Å². The van der Waals surface area contributed by atoms with E-state index in [0.717, 1.165) is 18.2 Å². The highest BCUT2D eigenvalue weighted by Gasteiger charge is 2.17. The van der Waals surface area contributed by atoms with Crippen molar-refractivity contribution in [3.05, 3.63) is 64.0 Å². The number of hydrogen-bond acceptors (Lipinski definition) is 4. The van der Waals surface area contributed by atoms with Crippen molar-refractivity contribution in [2.24, 2.45) is 0 Å². The predicted octanol–water partition coefficient (Wildman–Crippen LogP) is 2.57. The average molecular weight is 275 g/mol. The van der Waals surface area contributed by atoms with Crippen LogP contribution in [0.25, 0.3) is 0 Å². The molecule has 0 atom stereocenters. The summed E-state index contributed by atoms with van der Waals surface area (Å²) in [6, 6.07) is 9.07. The SMILES string of the molecule is Nc1cccc(NC(=O)c2cc([N+](=O)[O-])ccc2F)c1. The van der Waals surface area contributed by atoms with E-state index < -0.39 is 22.2 Å². The van der Waals surface area contributed by atoms with Crippen LogP contribution in [0.5, 0.6) is 0 Å². The number of hydrogen-bond donors (Lipinski definition) is 2. The third-order valence-corrected chi connectivity index (χ3v) is 2.55. The molecule has 0 aliphatic rings. The zero-order valence-corrected chi connectivity index (χ0v) is 10.2. The first-order valence-corrected chi connectivity index (χ1v) is 5.58. The summed E-state index contributed by atoms with van der Waals surface area (Å²) < 4.78 is 13.6. The third kappa shape index (κ3) is 2.89. The number of non-ortho nitro benzene ring substituents is 1. The van der Waals surface area contributed by atoms with Gasteiger partial charge in [0.2, 0.25) is 0 Å².